The number of hydrogen-bond acceptors (Lipinski definition) is 3. The van der Waals surface area contributed by atoms with Crippen molar-refractivity contribution in [2.45, 2.75) is 6.29 Å². The summed E-state index contributed by atoms with van der Waals surface area (Å²) in [6.45, 7) is -0.0131. The summed E-state index contributed by atoms with van der Waals surface area (Å²) >= 11 is 2.93. The molecule has 1 aromatic rings. The van der Waals surface area contributed by atoms with Crippen molar-refractivity contribution in [3.63, 3.8) is 0 Å². The number of nitrogens with one attached hydrogen (secondary N) is 1. The molecule has 0 aliphatic heterocycles. The van der Waals surface area contributed by atoms with Crippen LogP contribution in [0.2, 0.25) is 0 Å². The van der Waals surface area contributed by atoms with Gasteiger partial charge in [0, 0.05) is 18.7 Å². The minimum Gasteiger partial charge on any atom is -0.354 e. The molecule has 0 unspecified atom stereocenters. The van der Waals surface area contributed by atoms with Gasteiger partial charge in [-0.1, -0.05) is 15.9 Å². The second-order valence-electron chi connectivity index (χ2n) is 3.36. The third-order valence-electron chi connectivity index (χ3n) is 2.19. The molecule has 0 radical (unpaired) electrons. The van der Waals surface area contributed by atoms with Crippen LogP contribution in [0.3, 0.4) is 0 Å². The van der Waals surface area contributed by atoms with Gasteiger partial charge in [-0.05, 0) is 12.1 Å². The Morgan fingerprint density at radius 1 is 1.33 bits per heavy atom. The number of hydrogen-bond donors (Lipinski definition) is 1. The molecule has 0 aliphatic rings. The lowest BCUT2D eigenvalue weighted by atomic mass is 10.2. The summed E-state index contributed by atoms with van der Waals surface area (Å²) in [6, 6.07) is 2.03. The van der Waals surface area contributed by atoms with Crippen molar-refractivity contribution in [2.24, 2.45) is 0 Å². The summed E-state index contributed by atoms with van der Waals surface area (Å²) < 4.78 is 36.8. The number of rotatable bonds is 5. The number of carbonyl (C=O) groups excluding carboxylic acids is 1. The monoisotopic (exact) mass is 323 g/mol. The molecule has 7 heteroatoms. The van der Waals surface area contributed by atoms with E-state index in [2.05, 4.69) is 21.2 Å². The molecule has 0 aromatic heterocycles. The van der Waals surface area contributed by atoms with E-state index in [1.807, 2.05) is 0 Å². The number of benzene rings is 1. The molecular weight excluding hydrogens is 312 g/mol. The Morgan fingerprint density at radius 2 is 1.83 bits per heavy atom. The molecule has 0 fully saturated rings. The van der Waals surface area contributed by atoms with Crippen LogP contribution in [0.4, 0.5) is 8.78 Å². The van der Waals surface area contributed by atoms with Crippen molar-refractivity contribution >= 4 is 21.8 Å². The van der Waals surface area contributed by atoms with E-state index in [1.54, 1.807) is 0 Å². The molecule has 0 atom stereocenters. The standard InChI is InChI=1S/C11H12BrF2NO3/c1-17-9(18-2)5-15-11(16)10-7(13)3-6(12)4-8(10)14/h3-4,9H,5H2,1-2H3,(H,15,16). The fourth-order valence-corrected chi connectivity index (χ4v) is 1.69. The summed E-state index contributed by atoms with van der Waals surface area (Å²) in [6.07, 6.45) is -0.671. The van der Waals surface area contributed by atoms with Crippen LogP contribution in [-0.4, -0.2) is 33.0 Å². The first-order valence-corrected chi connectivity index (χ1v) is 5.77. The van der Waals surface area contributed by atoms with Crippen LogP contribution in [-0.2, 0) is 9.47 Å². The quantitative estimate of drug-likeness (QED) is 0.844. The molecule has 1 N–H and O–H groups in total. The zero-order chi connectivity index (χ0) is 13.7. The van der Waals surface area contributed by atoms with Crippen LogP contribution >= 0.6 is 15.9 Å². The van der Waals surface area contributed by atoms with E-state index in [4.69, 9.17) is 9.47 Å². The number of amides is 1. The van der Waals surface area contributed by atoms with Gasteiger partial charge in [-0.3, -0.25) is 4.79 Å². The maximum atomic E-state index is 13.5. The van der Waals surface area contributed by atoms with E-state index in [-0.39, 0.29) is 11.0 Å². The van der Waals surface area contributed by atoms with Gasteiger partial charge in [0.2, 0.25) is 0 Å². The Balaban J connectivity index is 2.79. The summed E-state index contributed by atoms with van der Waals surface area (Å²) in [5.41, 5.74) is -0.635. The second kappa shape index (κ2) is 6.77. The normalized spacial score (nSPS) is 10.8. The first-order chi connectivity index (χ1) is 8.49. The molecular formula is C11H12BrF2NO3. The average molecular weight is 324 g/mol. The highest BCUT2D eigenvalue weighted by Gasteiger charge is 2.19. The van der Waals surface area contributed by atoms with E-state index in [0.29, 0.717) is 0 Å². The lowest BCUT2D eigenvalue weighted by Gasteiger charge is -2.14. The van der Waals surface area contributed by atoms with Gasteiger partial charge in [0.05, 0.1) is 6.54 Å². The highest BCUT2D eigenvalue weighted by atomic mass is 79.9. The molecule has 0 saturated heterocycles. The Hall–Kier alpha value is -1.05. The number of methoxy groups -OCH3 is 2. The Bertz CT molecular complexity index is 415. The van der Waals surface area contributed by atoms with Crippen LogP contribution in [0, 0.1) is 11.6 Å². The van der Waals surface area contributed by atoms with E-state index >= 15 is 0 Å². The smallest absolute Gasteiger partial charge is 0.257 e. The maximum Gasteiger partial charge on any atom is 0.257 e. The molecule has 4 nitrogen and oxygen atoms in total. The summed E-state index contributed by atoms with van der Waals surface area (Å²) in [5, 5.41) is 2.32. The minimum atomic E-state index is -0.939. The van der Waals surface area contributed by atoms with Crippen molar-refractivity contribution < 1.29 is 23.0 Å². The molecule has 1 amide bonds. The van der Waals surface area contributed by atoms with Gasteiger partial charge in [0.1, 0.15) is 17.2 Å². The number of ether oxygens (including phenoxy) is 2. The molecule has 1 rings (SSSR count). The molecule has 1 aromatic carbocycles. The Morgan fingerprint density at radius 3 is 2.28 bits per heavy atom. The molecule has 0 aliphatic carbocycles. The van der Waals surface area contributed by atoms with Gasteiger partial charge in [-0.2, -0.15) is 0 Å². The van der Waals surface area contributed by atoms with E-state index in [0.717, 1.165) is 12.1 Å². The second-order valence-corrected chi connectivity index (χ2v) is 4.27. The first kappa shape index (κ1) is 15.0. The largest absolute Gasteiger partial charge is 0.354 e. The first-order valence-electron chi connectivity index (χ1n) is 4.98. The Kier molecular flexibility index (Phi) is 5.64. The highest BCUT2D eigenvalue weighted by Crippen LogP contribution is 2.19. The predicted octanol–water partition coefficient (Wildman–Crippen LogP) is 2.08. The fourth-order valence-electron chi connectivity index (χ4n) is 1.29. The van der Waals surface area contributed by atoms with Crippen LogP contribution < -0.4 is 5.32 Å². The van der Waals surface area contributed by atoms with Gasteiger partial charge in [0.25, 0.3) is 5.91 Å². The molecule has 0 bridgehead atoms. The summed E-state index contributed by atoms with van der Waals surface area (Å²) in [7, 11) is 2.78. The van der Waals surface area contributed by atoms with Crippen molar-refractivity contribution in [3.05, 3.63) is 33.8 Å². The molecule has 0 spiro atoms. The maximum absolute atomic E-state index is 13.5. The fraction of sp³-hybridized carbons (Fsp3) is 0.364. The van der Waals surface area contributed by atoms with Crippen molar-refractivity contribution in [1.82, 2.24) is 5.32 Å². The lowest BCUT2D eigenvalue weighted by Crippen LogP contribution is -2.35. The van der Waals surface area contributed by atoms with Gasteiger partial charge in [-0.15, -0.1) is 0 Å². The summed E-state index contributed by atoms with van der Waals surface area (Å²) in [4.78, 5) is 11.6. The van der Waals surface area contributed by atoms with Crippen molar-refractivity contribution in [1.29, 1.82) is 0 Å². The lowest BCUT2D eigenvalue weighted by molar-refractivity contribution is -0.0974. The molecule has 100 valence electrons. The van der Waals surface area contributed by atoms with Gasteiger partial charge >= 0.3 is 0 Å². The highest BCUT2D eigenvalue weighted by molar-refractivity contribution is 9.10. The van der Waals surface area contributed by atoms with Crippen molar-refractivity contribution in [3.8, 4) is 0 Å². The molecule has 0 heterocycles. The van der Waals surface area contributed by atoms with Gasteiger partial charge < -0.3 is 14.8 Å². The number of halogens is 3. The molecule has 18 heavy (non-hydrogen) atoms. The average Bonchev–Trinajstić information content (AvgIpc) is 2.28. The van der Waals surface area contributed by atoms with E-state index < -0.39 is 29.4 Å². The SMILES string of the molecule is COC(CNC(=O)c1c(F)cc(Br)cc1F)OC. The number of carbonyl (C=O) groups is 1. The van der Waals surface area contributed by atoms with Crippen LogP contribution in [0.25, 0.3) is 0 Å². The van der Waals surface area contributed by atoms with E-state index in [1.165, 1.54) is 14.2 Å². The third-order valence-corrected chi connectivity index (χ3v) is 2.65. The van der Waals surface area contributed by atoms with Crippen LogP contribution in [0.15, 0.2) is 16.6 Å². The predicted molar refractivity (Wildman–Crippen MR) is 64.2 cm³/mol. The van der Waals surface area contributed by atoms with Gasteiger partial charge in [0.15, 0.2) is 6.29 Å². The van der Waals surface area contributed by atoms with Crippen LogP contribution in [0.5, 0.6) is 0 Å². The zero-order valence-corrected chi connectivity index (χ0v) is 11.4. The minimum absolute atomic E-state index is 0.0131. The van der Waals surface area contributed by atoms with Crippen LogP contribution in [0.1, 0.15) is 10.4 Å². The van der Waals surface area contributed by atoms with Gasteiger partial charge in [-0.25, -0.2) is 8.78 Å². The Labute approximate surface area is 111 Å². The third kappa shape index (κ3) is 3.72. The van der Waals surface area contributed by atoms with E-state index in [9.17, 15) is 13.6 Å². The summed E-state index contributed by atoms with van der Waals surface area (Å²) in [5.74, 6) is -2.74. The molecule has 0 saturated carbocycles. The van der Waals surface area contributed by atoms with Crippen molar-refractivity contribution in [2.75, 3.05) is 20.8 Å². The topological polar surface area (TPSA) is 47.6 Å². The zero-order valence-electron chi connectivity index (χ0n) is 9.80.